The lowest BCUT2D eigenvalue weighted by molar-refractivity contribution is 0.584. The van der Waals surface area contributed by atoms with Crippen molar-refractivity contribution in [3.8, 4) is 11.4 Å². The van der Waals surface area contributed by atoms with Gasteiger partial charge in [0.25, 0.3) is 0 Å². The first-order valence-electron chi connectivity index (χ1n) is 6.34. The van der Waals surface area contributed by atoms with Gasteiger partial charge in [-0.05, 0) is 29.8 Å². The van der Waals surface area contributed by atoms with Crippen LogP contribution >= 0.6 is 15.9 Å². The molecule has 106 valence electrons. The van der Waals surface area contributed by atoms with Crippen molar-refractivity contribution in [1.29, 1.82) is 0 Å². The Morgan fingerprint density at radius 2 is 1.81 bits per heavy atom. The minimum atomic E-state index is -0.613. The van der Waals surface area contributed by atoms with E-state index in [-0.39, 0.29) is 0 Å². The first-order valence-corrected chi connectivity index (χ1v) is 7.14. The van der Waals surface area contributed by atoms with E-state index in [0.717, 1.165) is 16.1 Å². The molecule has 1 aromatic heterocycles. The van der Waals surface area contributed by atoms with Gasteiger partial charge in [-0.2, -0.15) is 0 Å². The second kappa shape index (κ2) is 5.77. The van der Waals surface area contributed by atoms with Crippen molar-refractivity contribution >= 4 is 15.9 Å². The Hall–Kier alpha value is -2.01. The van der Waals surface area contributed by atoms with Gasteiger partial charge in [0, 0.05) is 29.5 Å². The molecule has 0 saturated heterocycles. The van der Waals surface area contributed by atoms with Crippen LogP contribution < -0.4 is 0 Å². The molecule has 0 aliphatic rings. The molecule has 0 amide bonds. The van der Waals surface area contributed by atoms with Crippen molar-refractivity contribution in [1.82, 2.24) is 9.55 Å². The van der Waals surface area contributed by atoms with Crippen LogP contribution in [0, 0.1) is 11.6 Å². The lowest BCUT2D eigenvalue weighted by atomic mass is 10.2. The third-order valence-electron chi connectivity index (χ3n) is 3.15. The highest BCUT2D eigenvalue weighted by Crippen LogP contribution is 2.23. The molecular weight excluding hydrogens is 338 g/mol. The second-order valence-electron chi connectivity index (χ2n) is 4.63. The van der Waals surface area contributed by atoms with Gasteiger partial charge in [0.05, 0.1) is 5.56 Å². The molecule has 0 radical (unpaired) electrons. The Morgan fingerprint density at radius 1 is 1.05 bits per heavy atom. The molecule has 0 spiro atoms. The van der Waals surface area contributed by atoms with E-state index in [2.05, 4.69) is 20.9 Å². The second-order valence-corrected chi connectivity index (χ2v) is 5.55. The Labute approximate surface area is 129 Å². The summed E-state index contributed by atoms with van der Waals surface area (Å²) in [5.41, 5.74) is 1.36. The minimum absolute atomic E-state index is 0.290. The molecule has 0 bridgehead atoms. The van der Waals surface area contributed by atoms with Crippen LogP contribution in [0.1, 0.15) is 5.56 Å². The number of aromatic nitrogens is 2. The normalized spacial score (nSPS) is 10.8. The molecule has 3 aromatic rings. The molecule has 3 rings (SSSR count). The van der Waals surface area contributed by atoms with Crippen LogP contribution in [0.3, 0.4) is 0 Å². The first kappa shape index (κ1) is 13.9. The van der Waals surface area contributed by atoms with Crippen LogP contribution in [0.4, 0.5) is 8.78 Å². The maximum absolute atomic E-state index is 13.9. The SMILES string of the molecule is Fc1ccc(-c2nccn2Cc2ccc(Br)cc2)c(F)c1. The van der Waals surface area contributed by atoms with E-state index >= 15 is 0 Å². The zero-order chi connectivity index (χ0) is 14.8. The summed E-state index contributed by atoms with van der Waals surface area (Å²) in [6.07, 6.45) is 3.39. The first-order chi connectivity index (χ1) is 10.1. The van der Waals surface area contributed by atoms with Gasteiger partial charge in [-0.15, -0.1) is 0 Å². The Kier molecular flexibility index (Phi) is 3.84. The third kappa shape index (κ3) is 3.03. The summed E-state index contributed by atoms with van der Waals surface area (Å²) in [6.45, 7) is 0.569. The average molecular weight is 349 g/mol. The molecule has 5 heteroatoms. The van der Waals surface area contributed by atoms with Crippen molar-refractivity contribution in [2.75, 3.05) is 0 Å². The molecule has 0 saturated carbocycles. The molecule has 2 nitrogen and oxygen atoms in total. The van der Waals surface area contributed by atoms with E-state index in [1.54, 1.807) is 12.4 Å². The Bertz CT molecular complexity index is 766. The van der Waals surface area contributed by atoms with Gasteiger partial charge in [0.2, 0.25) is 0 Å². The van der Waals surface area contributed by atoms with Crippen LogP contribution in [0.25, 0.3) is 11.4 Å². The number of hydrogen-bond donors (Lipinski definition) is 0. The molecule has 1 heterocycles. The Balaban J connectivity index is 1.95. The van der Waals surface area contributed by atoms with E-state index < -0.39 is 11.6 Å². The standard InChI is InChI=1S/C16H11BrF2N2/c17-12-3-1-11(2-4-12)10-21-8-7-20-16(21)14-6-5-13(18)9-15(14)19/h1-9H,10H2. The minimum Gasteiger partial charge on any atom is -0.326 e. The van der Waals surface area contributed by atoms with Crippen LogP contribution in [-0.4, -0.2) is 9.55 Å². The number of imidazole rings is 1. The lowest BCUT2D eigenvalue weighted by Gasteiger charge is -2.09. The summed E-state index contributed by atoms with van der Waals surface area (Å²) in [5, 5.41) is 0. The number of rotatable bonds is 3. The quantitative estimate of drug-likeness (QED) is 0.674. The molecule has 0 aliphatic carbocycles. The highest BCUT2D eigenvalue weighted by atomic mass is 79.9. The highest BCUT2D eigenvalue weighted by Gasteiger charge is 2.12. The van der Waals surface area contributed by atoms with E-state index in [4.69, 9.17) is 0 Å². The van der Waals surface area contributed by atoms with Gasteiger partial charge in [-0.3, -0.25) is 0 Å². The monoisotopic (exact) mass is 348 g/mol. The number of benzene rings is 2. The lowest BCUT2D eigenvalue weighted by Crippen LogP contribution is -2.02. The average Bonchev–Trinajstić information content (AvgIpc) is 2.89. The number of nitrogens with zero attached hydrogens (tertiary/aromatic N) is 2. The summed E-state index contributed by atoms with van der Waals surface area (Å²) in [5.74, 6) is -0.726. The maximum atomic E-state index is 13.9. The van der Waals surface area contributed by atoms with Crippen LogP contribution in [0.2, 0.25) is 0 Å². The Morgan fingerprint density at radius 3 is 2.52 bits per heavy atom. The van der Waals surface area contributed by atoms with Crippen LogP contribution in [0.15, 0.2) is 59.3 Å². The zero-order valence-corrected chi connectivity index (χ0v) is 12.5. The predicted molar refractivity (Wildman–Crippen MR) is 80.8 cm³/mol. The summed E-state index contributed by atoms with van der Waals surface area (Å²) >= 11 is 3.39. The molecule has 0 unspecified atom stereocenters. The van der Waals surface area contributed by atoms with Crippen LogP contribution in [-0.2, 0) is 6.54 Å². The van der Waals surface area contributed by atoms with Gasteiger partial charge in [-0.1, -0.05) is 28.1 Å². The smallest absolute Gasteiger partial charge is 0.143 e. The molecule has 2 aromatic carbocycles. The van der Waals surface area contributed by atoms with Crippen molar-refractivity contribution < 1.29 is 8.78 Å². The van der Waals surface area contributed by atoms with Crippen molar-refractivity contribution in [3.63, 3.8) is 0 Å². The van der Waals surface area contributed by atoms with Gasteiger partial charge in [0.15, 0.2) is 0 Å². The van der Waals surface area contributed by atoms with Gasteiger partial charge in [-0.25, -0.2) is 13.8 Å². The summed E-state index contributed by atoms with van der Waals surface area (Å²) in [4.78, 5) is 4.18. The molecular formula is C16H11BrF2N2. The fraction of sp³-hybridized carbons (Fsp3) is 0.0625. The predicted octanol–water partition coefficient (Wildman–Crippen LogP) is 4.64. The van der Waals surface area contributed by atoms with Gasteiger partial charge in [0.1, 0.15) is 17.5 Å². The van der Waals surface area contributed by atoms with Crippen molar-refractivity contribution in [2.24, 2.45) is 0 Å². The molecule has 0 N–H and O–H groups in total. The highest BCUT2D eigenvalue weighted by molar-refractivity contribution is 9.10. The molecule has 21 heavy (non-hydrogen) atoms. The van der Waals surface area contributed by atoms with Crippen molar-refractivity contribution in [3.05, 3.63) is 76.5 Å². The van der Waals surface area contributed by atoms with E-state index in [1.807, 2.05) is 28.8 Å². The number of halogens is 3. The van der Waals surface area contributed by atoms with E-state index in [1.165, 1.54) is 12.1 Å². The third-order valence-corrected chi connectivity index (χ3v) is 3.68. The van der Waals surface area contributed by atoms with Crippen LogP contribution in [0.5, 0.6) is 0 Å². The summed E-state index contributed by atoms with van der Waals surface area (Å²) in [6, 6.07) is 11.4. The summed E-state index contributed by atoms with van der Waals surface area (Å²) < 4.78 is 29.7. The fourth-order valence-corrected chi connectivity index (χ4v) is 2.40. The fourth-order valence-electron chi connectivity index (χ4n) is 2.14. The maximum Gasteiger partial charge on any atom is 0.143 e. The molecule has 0 aliphatic heterocycles. The largest absolute Gasteiger partial charge is 0.326 e. The van der Waals surface area contributed by atoms with E-state index in [9.17, 15) is 8.78 Å². The van der Waals surface area contributed by atoms with E-state index in [0.29, 0.717) is 17.9 Å². The molecule has 0 atom stereocenters. The van der Waals surface area contributed by atoms with Crippen molar-refractivity contribution in [2.45, 2.75) is 6.54 Å². The van der Waals surface area contributed by atoms with Gasteiger partial charge < -0.3 is 4.57 Å². The van der Waals surface area contributed by atoms with Gasteiger partial charge >= 0.3 is 0 Å². The summed E-state index contributed by atoms with van der Waals surface area (Å²) in [7, 11) is 0. The number of hydrogen-bond acceptors (Lipinski definition) is 1. The molecule has 0 fully saturated rings. The zero-order valence-electron chi connectivity index (χ0n) is 10.9. The topological polar surface area (TPSA) is 17.8 Å².